The zero-order chi connectivity index (χ0) is 28.5. The Morgan fingerprint density at radius 1 is 1.00 bits per heavy atom. The normalized spacial score (nSPS) is 15.3. The van der Waals surface area contributed by atoms with Crippen LogP contribution in [-0.4, -0.2) is 109 Å². The molecule has 0 bridgehead atoms. The van der Waals surface area contributed by atoms with Gasteiger partial charge in [0.1, 0.15) is 6.54 Å². The molecule has 0 radical (unpaired) electrons. The lowest BCUT2D eigenvalue weighted by molar-refractivity contribution is -0.452. The van der Waals surface area contributed by atoms with E-state index in [0.29, 0.717) is 64.6 Å². The number of carbonyl (C=O) groups excluding carboxylic acids is 1. The van der Waals surface area contributed by atoms with Crippen LogP contribution in [0.5, 0.6) is 0 Å². The molecule has 3 aliphatic heterocycles. The highest BCUT2D eigenvalue weighted by atomic mass is 16.5. The summed E-state index contributed by atoms with van der Waals surface area (Å²) in [6.07, 6.45) is 1.91. The van der Waals surface area contributed by atoms with Gasteiger partial charge in [-0.2, -0.15) is 4.98 Å². The van der Waals surface area contributed by atoms with E-state index in [2.05, 4.69) is 25.6 Å². The predicted octanol–water partition coefficient (Wildman–Crippen LogP) is -2.49. The van der Waals surface area contributed by atoms with Gasteiger partial charge in [-0.3, -0.25) is 9.59 Å². The number of aryl methyl sites for hydroxylation is 2. The first kappa shape index (κ1) is 29.5. The third-order valence-corrected chi connectivity index (χ3v) is 6.95. The summed E-state index contributed by atoms with van der Waals surface area (Å²) in [5.74, 6) is -0.153. The lowest BCUT2D eigenvalue weighted by atomic mass is 10.1. The van der Waals surface area contributed by atoms with Crippen LogP contribution in [0.1, 0.15) is 11.1 Å². The number of amides is 1. The molecule has 216 valence electrons. The maximum atomic E-state index is 13.6. The first-order chi connectivity index (χ1) is 19.4. The topological polar surface area (TPSA) is 147 Å². The highest BCUT2D eigenvalue weighted by Gasteiger charge is 2.24. The van der Waals surface area contributed by atoms with Gasteiger partial charge in [0.15, 0.2) is 24.3 Å². The van der Waals surface area contributed by atoms with Crippen molar-refractivity contribution in [2.45, 2.75) is 26.9 Å². The number of hydrogen-bond donors (Lipinski definition) is 3. The van der Waals surface area contributed by atoms with Crippen LogP contribution in [0.2, 0.25) is 0 Å². The largest absolute Gasteiger partial charge is 0.382 e. The van der Waals surface area contributed by atoms with E-state index in [-0.39, 0.29) is 17.4 Å². The molecule has 0 saturated heterocycles. The Bertz CT molecular complexity index is 1430. The van der Waals surface area contributed by atoms with Crippen molar-refractivity contribution in [1.82, 2.24) is 34.6 Å². The van der Waals surface area contributed by atoms with Gasteiger partial charge in [0.05, 0.1) is 43.9 Å². The summed E-state index contributed by atoms with van der Waals surface area (Å²) in [4.78, 5) is 53.8. The standard InChI is InChI=1S/C27H38N8O5/c1-19-16-21-22(17-20(19)2)34(12-13-40-15-14-39-3)25-24(31-21)26(37)35(27(38)32-25)18-23(36)33-10-8-29-6-4-28-5-7-30-9-11-33/h6,16-17,28,30H,4-5,7-15,18H2,1-3H3/p+1. The number of rotatable bonds is 8. The fraction of sp³-hybridized carbons (Fsp3) is 0.556. The Kier molecular flexibility index (Phi) is 10.5. The third-order valence-electron chi connectivity index (χ3n) is 6.95. The number of hydrogen-bond acceptors (Lipinski definition) is 9. The second kappa shape index (κ2) is 14.2. The van der Waals surface area contributed by atoms with Gasteiger partial charge in [0, 0.05) is 39.8 Å². The summed E-state index contributed by atoms with van der Waals surface area (Å²) in [6, 6.07) is 3.88. The Labute approximate surface area is 232 Å². The molecular weight excluding hydrogens is 516 g/mol. The Hall–Kier alpha value is -3.52. The molecule has 4 rings (SSSR count). The highest BCUT2D eigenvalue weighted by molar-refractivity contribution is 5.81. The monoisotopic (exact) mass is 555 g/mol. The van der Waals surface area contributed by atoms with Gasteiger partial charge in [-0.1, -0.05) is 0 Å². The smallest absolute Gasteiger partial charge is 0.353 e. The van der Waals surface area contributed by atoms with Gasteiger partial charge in [0.25, 0.3) is 5.56 Å². The number of fused-ring (bicyclic) bond motifs is 2. The van der Waals surface area contributed by atoms with Crippen molar-refractivity contribution in [3.63, 3.8) is 0 Å². The van der Waals surface area contributed by atoms with Crippen molar-refractivity contribution in [2.24, 2.45) is 0 Å². The van der Waals surface area contributed by atoms with E-state index in [1.807, 2.05) is 32.2 Å². The van der Waals surface area contributed by atoms with Crippen LogP contribution < -0.4 is 26.9 Å². The van der Waals surface area contributed by atoms with Gasteiger partial charge in [0.2, 0.25) is 5.91 Å². The fourth-order valence-electron chi connectivity index (χ4n) is 4.55. The van der Waals surface area contributed by atoms with Crippen molar-refractivity contribution in [1.29, 1.82) is 0 Å². The number of nitrogens with one attached hydrogen (secondary N) is 3. The first-order valence-corrected chi connectivity index (χ1v) is 13.6. The van der Waals surface area contributed by atoms with E-state index < -0.39 is 17.8 Å². The van der Waals surface area contributed by atoms with Crippen molar-refractivity contribution in [3.8, 4) is 11.5 Å². The number of benzene rings is 1. The quantitative estimate of drug-likeness (QED) is 0.203. The molecule has 0 spiro atoms. The van der Waals surface area contributed by atoms with Gasteiger partial charge in [-0.25, -0.2) is 19.3 Å². The summed E-state index contributed by atoms with van der Waals surface area (Å²) in [7, 11) is 1.60. The van der Waals surface area contributed by atoms with Crippen LogP contribution in [0.25, 0.3) is 22.6 Å². The molecule has 13 nitrogen and oxygen atoms in total. The Balaban J connectivity index is 1.68. The number of carbonyl (C=O) groups is 1. The van der Waals surface area contributed by atoms with Crippen LogP contribution in [0, 0.1) is 13.8 Å². The highest BCUT2D eigenvalue weighted by Crippen LogP contribution is 2.23. The number of aromatic nitrogens is 4. The van der Waals surface area contributed by atoms with Gasteiger partial charge in [-0.05, 0) is 37.1 Å². The van der Waals surface area contributed by atoms with Crippen molar-refractivity contribution >= 4 is 23.2 Å². The molecule has 0 fully saturated rings. The molecule has 1 aromatic carbocycles. The summed E-state index contributed by atoms with van der Waals surface area (Å²) in [5, 5.41) is 6.57. The summed E-state index contributed by atoms with van der Waals surface area (Å²) < 4.78 is 13.4. The van der Waals surface area contributed by atoms with E-state index in [4.69, 9.17) is 9.47 Å². The first-order valence-electron chi connectivity index (χ1n) is 13.6. The molecule has 40 heavy (non-hydrogen) atoms. The van der Waals surface area contributed by atoms with Crippen LogP contribution in [0.3, 0.4) is 0 Å². The van der Waals surface area contributed by atoms with Crippen LogP contribution in [-0.2, 0) is 27.4 Å². The molecular formula is C27H39N8O5+. The van der Waals surface area contributed by atoms with Crippen molar-refractivity contribution in [2.75, 3.05) is 72.7 Å². The maximum Gasteiger partial charge on any atom is 0.353 e. The van der Waals surface area contributed by atoms with E-state index in [1.165, 1.54) is 0 Å². The van der Waals surface area contributed by atoms with Crippen LogP contribution >= 0.6 is 0 Å². The fourth-order valence-corrected chi connectivity index (χ4v) is 4.55. The van der Waals surface area contributed by atoms with E-state index >= 15 is 0 Å². The van der Waals surface area contributed by atoms with Crippen molar-refractivity contribution in [3.05, 3.63) is 44.1 Å². The second-order valence-electron chi connectivity index (χ2n) is 9.74. The zero-order valence-corrected chi connectivity index (χ0v) is 23.5. The van der Waals surface area contributed by atoms with Crippen LogP contribution in [0.15, 0.2) is 21.7 Å². The average molecular weight is 556 g/mol. The SMILES string of the molecule is COCCOCCn1c2nc(=O)n(CC(=O)N3CCNCCNCC=[NH+]CC3)c(=O)c-2nc2cc(C)c(C)cc21. The van der Waals surface area contributed by atoms with Gasteiger partial charge < -0.3 is 29.6 Å². The minimum absolute atomic E-state index is 0.0409. The molecule has 0 atom stereocenters. The van der Waals surface area contributed by atoms with E-state index in [9.17, 15) is 14.4 Å². The molecule has 0 saturated carbocycles. The van der Waals surface area contributed by atoms with Gasteiger partial charge >= 0.3 is 5.69 Å². The molecule has 0 aromatic heterocycles. The van der Waals surface area contributed by atoms with Gasteiger partial charge in [-0.15, -0.1) is 0 Å². The maximum absolute atomic E-state index is 13.6. The lowest BCUT2D eigenvalue weighted by Crippen LogP contribution is -2.72. The number of nitrogens with zero attached hydrogens (tertiary/aromatic N) is 5. The summed E-state index contributed by atoms with van der Waals surface area (Å²) >= 11 is 0. The predicted molar refractivity (Wildman–Crippen MR) is 151 cm³/mol. The number of methoxy groups -OCH3 is 1. The summed E-state index contributed by atoms with van der Waals surface area (Å²) in [5.41, 5.74) is 2.05. The molecule has 3 aliphatic rings. The number of ether oxygens (including phenoxy) is 2. The minimum Gasteiger partial charge on any atom is -0.382 e. The Morgan fingerprint density at radius 3 is 2.62 bits per heavy atom. The van der Waals surface area contributed by atoms with E-state index in [1.54, 1.807) is 16.6 Å². The second-order valence-corrected chi connectivity index (χ2v) is 9.74. The van der Waals surface area contributed by atoms with Crippen molar-refractivity contribution < 1.29 is 19.3 Å². The Morgan fingerprint density at radius 2 is 1.80 bits per heavy atom. The lowest BCUT2D eigenvalue weighted by Gasteiger charge is -2.22. The van der Waals surface area contributed by atoms with E-state index in [0.717, 1.165) is 34.3 Å². The minimum atomic E-state index is -0.783. The third kappa shape index (κ3) is 7.16. The van der Waals surface area contributed by atoms with Crippen LogP contribution in [0.4, 0.5) is 0 Å². The molecule has 0 unspecified atom stereocenters. The molecule has 3 heterocycles. The zero-order valence-electron chi connectivity index (χ0n) is 23.5. The molecule has 1 amide bonds. The molecule has 3 N–H and O–H groups in total. The molecule has 13 heteroatoms. The summed E-state index contributed by atoms with van der Waals surface area (Å²) in [6.45, 7) is 9.47. The molecule has 0 aliphatic carbocycles. The molecule has 1 aromatic rings. The average Bonchev–Trinajstić information content (AvgIpc) is 2.92.